The van der Waals surface area contributed by atoms with Crippen molar-refractivity contribution in [3.8, 4) is 0 Å². The third-order valence-corrected chi connectivity index (χ3v) is 18.2. The predicted molar refractivity (Wildman–Crippen MR) is 203 cm³/mol. The Balaban J connectivity index is 1.11. The van der Waals surface area contributed by atoms with Gasteiger partial charge in [-0.05, 0) is 146 Å². The van der Waals surface area contributed by atoms with Gasteiger partial charge in [0.1, 0.15) is 22.0 Å². The fourth-order valence-corrected chi connectivity index (χ4v) is 15.8. The van der Waals surface area contributed by atoms with Gasteiger partial charge in [0, 0.05) is 0 Å². The van der Waals surface area contributed by atoms with Gasteiger partial charge in [0.05, 0.1) is 0 Å². The van der Waals surface area contributed by atoms with Gasteiger partial charge in [-0.15, -0.1) is 0 Å². The normalized spacial score (nSPS) is 34.3. The Hall–Kier alpha value is -1.95. The zero-order chi connectivity index (χ0) is 32.6. The summed E-state index contributed by atoms with van der Waals surface area (Å²) >= 11 is 0. The molecule has 0 N–H and O–H groups in total. The number of benzene rings is 3. The smallest absolute Gasteiger partial charge is 0.218 e. The topological polar surface area (TPSA) is 9.23 Å². The average molecular weight is 650 g/mol. The van der Waals surface area contributed by atoms with Crippen LogP contribution < -0.4 is 15.9 Å². The van der Waals surface area contributed by atoms with E-state index in [0.717, 1.165) is 41.4 Å². The van der Waals surface area contributed by atoms with Crippen molar-refractivity contribution < 1.29 is 4.52 Å². The molecule has 0 aromatic heterocycles. The zero-order valence-electron chi connectivity index (χ0n) is 30.1. The first-order chi connectivity index (χ1) is 22.8. The van der Waals surface area contributed by atoms with Gasteiger partial charge >= 0.3 is 0 Å². The maximum atomic E-state index is 7.75. The maximum absolute atomic E-state index is 7.75. The van der Waals surface area contributed by atoms with E-state index >= 15 is 0 Å². The first-order valence-corrected chi connectivity index (χ1v) is 21.2. The highest BCUT2D eigenvalue weighted by atomic mass is 31.2. The van der Waals surface area contributed by atoms with Crippen LogP contribution in [0.1, 0.15) is 112 Å². The van der Waals surface area contributed by atoms with Crippen molar-refractivity contribution in [2.24, 2.45) is 52.3 Å². The second-order valence-corrected chi connectivity index (χ2v) is 20.3. The van der Waals surface area contributed by atoms with Crippen molar-refractivity contribution in [3.63, 3.8) is 0 Å². The summed E-state index contributed by atoms with van der Waals surface area (Å²) in [6.07, 6.45) is 17.1. The first-order valence-electron chi connectivity index (χ1n) is 19.5. The van der Waals surface area contributed by atoms with E-state index in [2.05, 4.69) is 126 Å². The summed E-state index contributed by atoms with van der Waals surface area (Å²) in [5, 5.41) is 4.03. The van der Waals surface area contributed by atoms with Gasteiger partial charge in [-0.3, -0.25) is 0 Å². The molecule has 4 saturated carbocycles. The molecular formula is C45H62OP+. The highest BCUT2D eigenvalue weighted by Crippen LogP contribution is 2.69. The van der Waals surface area contributed by atoms with E-state index < -0.39 is 7.49 Å². The van der Waals surface area contributed by atoms with Crippen LogP contribution in [0.2, 0.25) is 0 Å². The minimum atomic E-state index is -2.27. The first kappa shape index (κ1) is 33.5. The molecule has 7 rings (SSSR count). The Morgan fingerprint density at radius 3 is 1.77 bits per heavy atom. The molecule has 0 aliphatic heterocycles. The van der Waals surface area contributed by atoms with Crippen molar-refractivity contribution in [2.45, 2.75) is 118 Å². The molecule has 0 heterocycles. The van der Waals surface area contributed by atoms with E-state index in [-0.39, 0.29) is 0 Å². The molecule has 0 bridgehead atoms. The Kier molecular flexibility index (Phi) is 9.81. The highest BCUT2D eigenvalue weighted by molar-refractivity contribution is 7.91. The van der Waals surface area contributed by atoms with Gasteiger partial charge in [0.15, 0.2) is 0 Å². The summed E-state index contributed by atoms with van der Waals surface area (Å²) in [5.74, 6) is 6.27. The molecule has 4 aliphatic carbocycles. The second kappa shape index (κ2) is 13.8. The van der Waals surface area contributed by atoms with E-state index in [4.69, 9.17) is 4.52 Å². The van der Waals surface area contributed by atoms with Crippen LogP contribution in [-0.2, 0) is 4.52 Å². The fourth-order valence-electron chi connectivity index (χ4n) is 12.1. The van der Waals surface area contributed by atoms with Gasteiger partial charge in [-0.2, -0.15) is 0 Å². The molecule has 0 unspecified atom stereocenters. The Morgan fingerprint density at radius 1 is 0.638 bits per heavy atom. The Morgan fingerprint density at radius 2 is 1.19 bits per heavy atom. The molecule has 3 aromatic rings. The van der Waals surface area contributed by atoms with Crippen molar-refractivity contribution in [2.75, 3.05) is 0 Å². The molecule has 2 heteroatoms. The lowest BCUT2D eigenvalue weighted by Crippen LogP contribution is -2.54. The summed E-state index contributed by atoms with van der Waals surface area (Å²) in [6.45, 7) is 12.9. The summed E-state index contributed by atoms with van der Waals surface area (Å²) < 4.78 is 7.75. The zero-order valence-corrected chi connectivity index (χ0v) is 31.0. The molecular weight excluding hydrogens is 587 g/mol. The van der Waals surface area contributed by atoms with Crippen LogP contribution in [0, 0.1) is 52.3 Å². The van der Waals surface area contributed by atoms with Gasteiger partial charge < -0.3 is 0 Å². The van der Waals surface area contributed by atoms with E-state index in [1.165, 1.54) is 93.0 Å². The molecule has 3 aromatic carbocycles. The molecule has 0 amide bonds. The molecule has 1 nitrogen and oxygen atoms in total. The van der Waals surface area contributed by atoms with Crippen molar-refractivity contribution in [3.05, 3.63) is 91.0 Å². The van der Waals surface area contributed by atoms with Crippen LogP contribution in [-0.4, -0.2) is 6.10 Å². The fraction of sp³-hybridized carbons (Fsp3) is 0.600. The minimum absolute atomic E-state index is 0.301. The molecule has 252 valence electrons. The molecule has 47 heavy (non-hydrogen) atoms. The van der Waals surface area contributed by atoms with E-state index in [1.807, 2.05) is 0 Å². The van der Waals surface area contributed by atoms with Crippen LogP contribution in [0.5, 0.6) is 0 Å². The van der Waals surface area contributed by atoms with Gasteiger partial charge in [-0.25, -0.2) is 4.52 Å². The molecule has 0 saturated heterocycles. The number of hydrogen-bond acceptors (Lipinski definition) is 1. The van der Waals surface area contributed by atoms with Crippen molar-refractivity contribution in [1.82, 2.24) is 0 Å². The summed E-state index contributed by atoms with van der Waals surface area (Å²) in [7, 11) is -2.27. The van der Waals surface area contributed by atoms with Crippen molar-refractivity contribution in [1.29, 1.82) is 0 Å². The van der Waals surface area contributed by atoms with Crippen LogP contribution in [0.15, 0.2) is 91.0 Å². The molecule has 0 radical (unpaired) electrons. The summed E-state index contributed by atoms with van der Waals surface area (Å²) in [4.78, 5) is 0. The predicted octanol–water partition coefficient (Wildman–Crippen LogP) is 11.4. The minimum Gasteiger partial charge on any atom is -0.218 e. The third kappa shape index (κ3) is 6.09. The standard InChI is InChI=1S/C45H62OP/c1-33(2)16-15-17-34(3)41-26-27-42-40-25-24-35-32-36(28-30-44(35,4)43(40)29-31-45(41,42)5)46-47(37-18-9-6-10-19-37,38-20-11-7-12-21-38)39-22-13-8-14-23-39/h6-14,18-23,33-36,40-43H,15-17,24-32H2,1-5H3/q+1/t34-,35+,36-,40+,41-,42+,43+,44+,45-/m1/s1. The summed E-state index contributed by atoms with van der Waals surface area (Å²) in [6, 6.07) is 33.6. The number of hydrogen-bond donors (Lipinski definition) is 0. The molecule has 4 aliphatic rings. The highest BCUT2D eigenvalue weighted by Gasteiger charge is 2.61. The molecule has 9 atom stereocenters. The Bertz CT molecular complexity index is 1340. The molecule has 4 fully saturated rings. The lowest BCUT2D eigenvalue weighted by Gasteiger charge is -2.61. The van der Waals surface area contributed by atoms with Gasteiger partial charge in [0.2, 0.25) is 7.49 Å². The quantitative estimate of drug-likeness (QED) is 0.199. The van der Waals surface area contributed by atoms with Gasteiger partial charge in [-0.1, -0.05) is 108 Å². The molecule has 0 spiro atoms. The monoisotopic (exact) mass is 649 g/mol. The average Bonchev–Trinajstić information content (AvgIpc) is 3.45. The number of fused-ring (bicyclic) bond motifs is 5. The third-order valence-electron chi connectivity index (χ3n) is 14.5. The van der Waals surface area contributed by atoms with Crippen molar-refractivity contribution >= 4 is 23.4 Å². The van der Waals surface area contributed by atoms with E-state index in [0.29, 0.717) is 16.9 Å². The van der Waals surface area contributed by atoms with Crippen LogP contribution >= 0.6 is 7.49 Å². The SMILES string of the molecule is CC(C)CCC[C@@H](C)[C@H]1CC[C@H]2[C@@H]3CC[C@H]4C[C@H](O[P+](c5ccccc5)(c5ccccc5)c5ccccc5)CC[C@]4(C)[C@H]3CC[C@]12C. The lowest BCUT2D eigenvalue weighted by molar-refractivity contribution is -0.126. The van der Waals surface area contributed by atoms with E-state index in [1.54, 1.807) is 0 Å². The second-order valence-electron chi connectivity index (χ2n) is 17.3. The maximum Gasteiger partial charge on any atom is 0.242 e. The van der Waals surface area contributed by atoms with Crippen LogP contribution in [0.3, 0.4) is 0 Å². The lowest BCUT2D eigenvalue weighted by atomic mass is 9.44. The largest absolute Gasteiger partial charge is 0.242 e. The van der Waals surface area contributed by atoms with Crippen LogP contribution in [0.25, 0.3) is 0 Å². The van der Waals surface area contributed by atoms with Gasteiger partial charge in [0.25, 0.3) is 0 Å². The van der Waals surface area contributed by atoms with E-state index in [9.17, 15) is 0 Å². The number of rotatable bonds is 10. The summed E-state index contributed by atoms with van der Waals surface area (Å²) in [5.41, 5.74) is 1.05. The Labute approximate surface area is 288 Å². The van der Waals surface area contributed by atoms with Crippen LogP contribution in [0.4, 0.5) is 0 Å².